The first-order chi connectivity index (χ1) is 14.2. The fourth-order valence-electron chi connectivity index (χ4n) is 5.13. The lowest BCUT2D eigenvalue weighted by molar-refractivity contribution is -0.130. The summed E-state index contributed by atoms with van der Waals surface area (Å²) in [5, 5.41) is 7.39. The highest BCUT2D eigenvalue weighted by Crippen LogP contribution is 2.71. The molecular weight excluding hydrogens is 376 g/mol. The molecule has 0 heterocycles. The van der Waals surface area contributed by atoms with Crippen molar-refractivity contribution in [3.63, 3.8) is 0 Å². The van der Waals surface area contributed by atoms with Crippen LogP contribution in [-0.4, -0.2) is 17.6 Å². The molecule has 2 aromatic carbocycles. The van der Waals surface area contributed by atoms with Crippen molar-refractivity contribution in [2.75, 3.05) is 5.32 Å². The van der Waals surface area contributed by atoms with Gasteiger partial charge in [0.2, 0.25) is 5.91 Å². The molecule has 5 nitrogen and oxygen atoms in total. The maximum absolute atomic E-state index is 13.5. The van der Waals surface area contributed by atoms with Crippen molar-refractivity contribution in [2.45, 2.75) is 47.0 Å². The number of aryl methyl sites for hydroxylation is 1. The molecule has 156 valence electrons. The molecule has 2 aliphatic rings. The molecule has 2 saturated carbocycles. The molecule has 1 N–H and O–H groups in total. The summed E-state index contributed by atoms with van der Waals surface area (Å²) in [6.07, 6.45) is 2.12. The Morgan fingerprint density at radius 3 is 2.30 bits per heavy atom. The first-order valence-corrected chi connectivity index (χ1v) is 10.4. The number of benzene rings is 2. The van der Waals surface area contributed by atoms with Gasteiger partial charge in [0.25, 0.3) is 0 Å². The molecule has 2 fully saturated rings. The van der Waals surface area contributed by atoms with E-state index in [1.807, 2.05) is 37.3 Å². The zero-order valence-corrected chi connectivity index (χ0v) is 18.0. The highest BCUT2D eigenvalue weighted by Gasteiger charge is 2.71. The minimum Gasteiger partial charge on any atom is -0.326 e. The number of rotatable bonds is 4. The van der Waals surface area contributed by atoms with Crippen molar-refractivity contribution in [1.29, 1.82) is 0 Å². The van der Waals surface area contributed by atoms with Crippen molar-refractivity contribution in [3.05, 3.63) is 65.7 Å². The monoisotopic (exact) mass is 404 g/mol. The van der Waals surface area contributed by atoms with E-state index in [2.05, 4.69) is 31.2 Å². The normalized spacial score (nSPS) is 27.8. The van der Waals surface area contributed by atoms with Crippen molar-refractivity contribution in [2.24, 2.45) is 21.4 Å². The SMILES string of the molecule is Cc1ccc(NC(=O)C23CCC(C)(C(=NOC(=O)c4ccccc4)C2)C3(C)C)cc1. The van der Waals surface area contributed by atoms with E-state index in [4.69, 9.17) is 4.84 Å². The Labute approximate surface area is 177 Å². The van der Waals surface area contributed by atoms with Gasteiger partial charge in [0, 0.05) is 17.5 Å². The standard InChI is InChI=1S/C25H28N2O3/c1-17-10-12-19(13-11-17)26-22(29)25-15-14-24(4,23(25,2)3)20(16-25)27-30-21(28)18-8-6-5-7-9-18/h5-13H,14-16H2,1-4H3,(H,26,29). The maximum Gasteiger partial charge on any atom is 0.365 e. The second-order valence-corrected chi connectivity index (χ2v) is 9.32. The third kappa shape index (κ3) is 2.95. The van der Waals surface area contributed by atoms with Crippen LogP contribution in [0.4, 0.5) is 5.69 Å². The zero-order chi connectivity index (χ0) is 21.6. The first kappa shape index (κ1) is 20.3. The number of carbonyl (C=O) groups is 2. The lowest BCUT2D eigenvalue weighted by Gasteiger charge is -2.39. The number of anilines is 1. The average Bonchev–Trinajstić information content (AvgIpc) is 3.05. The molecule has 1 amide bonds. The van der Waals surface area contributed by atoms with E-state index in [9.17, 15) is 9.59 Å². The number of fused-ring (bicyclic) bond motifs is 2. The van der Waals surface area contributed by atoms with Crippen molar-refractivity contribution in [3.8, 4) is 0 Å². The van der Waals surface area contributed by atoms with E-state index >= 15 is 0 Å². The second-order valence-electron chi connectivity index (χ2n) is 9.32. The molecule has 2 aromatic rings. The van der Waals surface area contributed by atoms with Crippen LogP contribution in [0.3, 0.4) is 0 Å². The van der Waals surface area contributed by atoms with Gasteiger partial charge >= 0.3 is 5.97 Å². The largest absolute Gasteiger partial charge is 0.365 e. The quantitative estimate of drug-likeness (QED) is 0.551. The summed E-state index contributed by atoms with van der Waals surface area (Å²) in [5.41, 5.74) is 2.01. The number of nitrogens with one attached hydrogen (secondary N) is 1. The molecule has 0 radical (unpaired) electrons. The molecule has 0 spiro atoms. The molecular formula is C25H28N2O3. The Morgan fingerprint density at radius 2 is 1.63 bits per heavy atom. The molecule has 2 bridgehead atoms. The van der Waals surface area contributed by atoms with Gasteiger partial charge in [-0.25, -0.2) is 4.79 Å². The maximum atomic E-state index is 13.5. The summed E-state index contributed by atoms with van der Waals surface area (Å²) >= 11 is 0. The highest BCUT2D eigenvalue weighted by molar-refractivity contribution is 6.06. The van der Waals surface area contributed by atoms with Gasteiger partial charge in [-0.05, 0) is 49.4 Å². The Bertz CT molecular complexity index is 1010. The predicted molar refractivity (Wildman–Crippen MR) is 117 cm³/mol. The van der Waals surface area contributed by atoms with Gasteiger partial charge in [0.15, 0.2) is 0 Å². The molecule has 0 aromatic heterocycles. The van der Waals surface area contributed by atoms with Gasteiger partial charge in [-0.2, -0.15) is 0 Å². The second kappa shape index (κ2) is 7.08. The third-order valence-corrected chi connectivity index (χ3v) is 7.73. The van der Waals surface area contributed by atoms with Crippen LogP contribution >= 0.6 is 0 Å². The third-order valence-electron chi connectivity index (χ3n) is 7.73. The van der Waals surface area contributed by atoms with Gasteiger partial charge in [-0.3, -0.25) is 4.79 Å². The zero-order valence-electron chi connectivity index (χ0n) is 18.0. The Hall–Kier alpha value is -2.95. The average molecular weight is 405 g/mol. The number of hydrogen-bond donors (Lipinski definition) is 1. The van der Waals surface area contributed by atoms with Gasteiger partial charge in [-0.15, -0.1) is 0 Å². The Balaban J connectivity index is 1.58. The van der Waals surface area contributed by atoms with Crippen molar-refractivity contribution >= 4 is 23.3 Å². The van der Waals surface area contributed by atoms with Gasteiger partial charge < -0.3 is 10.2 Å². The molecule has 5 heteroatoms. The van der Waals surface area contributed by atoms with E-state index in [1.165, 1.54) is 0 Å². The lowest BCUT2D eigenvalue weighted by Crippen LogP contribution is -2.43. The van der Waals surface area contributed by atoms with E-state index in [1.54, 1.807) is 24.3 Å². The van der Waals surface area contributed by atoms with Gasteiger partial charge in [0.05, 0.1) is 16.7 Å². The molecule has 2 unspecified atom stereocenters. The van der Waals surface area contributed by atoms with Crippen LogP contribution in [0.1, 0.15) is 56.0 Å². The summed E-state index contributed by atoms with van der Waals surface area (Å²) in [6, 6.07) is 16.7. The Kier molecular flexibility index (Phi) is 4.80. The highest BCUT2D eigenvalue weighted by atomic mass is 16.7. The Morgan fingerprint density at radius 1 is 0.967 bits per heavy atom. The molecule has 0 saturated heterocycles. The van der Waals surface area contributed by atoms with Crippen molar-refractivity contribution < 1.29 is 14.4 Å². The fourth-order valence-corrected chi connectivity index (χ4v) is 5.13. The summed E-state index contributed by atoms with van der Waals surface area (Å²) < 4.78 is 0. The van der Waals surface area contributed by atoms with Crippen LogP contribution < -0.4 is 5.32 Å². The topological polar surface area (TPSA) is 67.8 Å². The van der Waals surface area contributed by atoms with Gasteiger partial charge in [0.1, 0.15) is 0 Å². The van der Waals surface area contributed by atoms with Crippen LogP contribution in [0.2, 0.25) is 0 Å². The summed E-state index contributed by atoms with van der Waals surface area (Å²) in [5.74, 6) is -0.467. The summed E-state index contributed by atoms with van der Waals surface area (Å²) in [4.78, 5) is 31.1. The van der Waals surface area contributed by atoms with Gasteiger partial charge in [-0.1, -0.05) is 61.8 Å². The van der Waals surface area contributed by atoms with E-state index < -0.39 is 11.4 Å². The van der Waals surface area contributed by atoms with Crippen LogP contribution in [-0.2, 0) is 9.63 Å². The van der Waals surface area contributed by atoms with Crippen LogP contribution in [0.25, 0.3) is 0 Å². The molecule has 0 aliphatic heterocycles. The smallest absolute Gasteiger partial charge is 0.326 e. The number of hydrogen-bond acceptors (Lipinski definition) is 4. The van der Waals surface area contributed by atoms with Crippen molar-refractivity contribution in [1.82, 2.24) is 0 Å². The molecule has 2 aliphatic carbocycles. The van der Waals surface area contributed by atoms with E-state index in [-0.39, 0.29) is 16.7 Å². The summed E-state index contributed by atoms with van der Waals surface area (Å²) in [6.45, 7) is 8.43. The number of oxime groups is 1. The molecule has 30 heavy (non-hydrogen) atoms. The summed E-state index contributed by atoms with van der Waals surface area (Å²) in [7, 11) is 0. The minimum atomic E-state index is -0.579. The van der Waals surface area contributed by atoms with E-state index in [0.717, 1.165) is 29.8 Å². The predicted octanol–water partition coefficient (Wildman–Crippen LogP) is 5.36. The number of amides is 1. The number of carbonyl (C=O) groups excluding carboxylic acids is 2. The van der Waals surface area contributed by atoms with Crippen LogP contribution in [0, 0.1) is 23.2 Å². The fraction of sp³-hybridized carbons (Fsp3) is 0.400. The molecule has 2 atom stereocenters. The van der Waals surface area contributed by atoms with Crippen LogP contribution in [0.15, 0.2) is 59.8 Å². The van der Waals surface area contributed by atoms with Crippen LogP contribution in [0.5, 0.6) is 0 Å². The van der Waals surface area contributed by atoms with E-state index in [0.29, 0.717) is 12.0 Å². The lowest BCUT2D eigenvalue weighted by atomic mass is 9.64. The minimum absolute atomic E-state index is 0.0136. The molecule has 4 rings (SSSR count). The number of nitrogens with zero attached hydrogens (tertiary/aromatic N) is 1. The first-order valence-electron chi connectivity index (χ1n) is 10.4.